The molecule has 29 heavy (non-hydrogen) atoms. The highest BCUT2D eigenvalue weighted by Gasteiger charge is 2.42. The molecule has 0 bridgehead atoms. The van der Waals surface area contributed by atoms with E-state index in [2.05, 4.69) is 9.46 Å². The Bertz CT molecular complexity index is 882. The first-order valence-electron chi connectivity index (χ1n) is 8.94. The van der Waals surface area contributed by atoms with E-state index >= 15 is 0 Å². The van der Waals surface area contributed by atoms with E-state index in [0.29, 0.717) is 12.8 Å². The van der Waals surface area contributed by atoms with Crippen LogP contribution in [0.4, 0.5) is 10.5 Å². The standard InChI is InChI=1S/C17H23N3O8S/c1-4-17(2,3)18-29(25,26)19-11-5-6-14(19)15(21)28-16(22)27-13-9-7-12(8-10-13)20(23)24/h7-10,14,18H,4-6,11H2,1-3H3/t14-/m0/s1. The van der Waals surface area contributed by atoms with Gasteiger partial charge in [-0.2, -0.15) is 17.4 Å². The van der Waals surface area contributed by atoms with Crippen molar-refractivity contribution in [2.24, 2.45) is 0 Å². The van der Waals surface area contributed by atoms with Gasteiger partial charge in [-0.05, 0) is 45.2 Å². The maximum absolute atomic E-state index is 12.6. The van der Waals surface area contributed by atoms with Crippen LogP contribution in [0.2, 0.25) is 0 Å². The van der Waals surface area contributed by atoms with Gasteiger partial charge in [-0.15, -0.1) is 0 Å². The van der Waals surface area contributed by atoms with Crippen LogP contribution in [0.3, 0.4) is 0 Å². The van der Waals surface area contributed by atoms with Crippen molar-refractivity contribution in [3.8, 4) is 5.75 Å². The highest BCUT2D eigenvalue weighted by Crippen LogP contribution is 2.24. The summed E-state index contributed by atoms with van der Waals surface area (Å²) >= 11 is 0. The number of carbonyl (C=O) groups excluding carboxylic acids is 2. The van der Waals surface area contributed by atoms with Crippen LogP contribution >= 0.6 is 0 Å². The number of nitro groups is 1. The third-order valence-electron chi connectivity index (χ3n) is 4.51. The predicted octanol–water partition coefficient (Wildman–Crippen LogP) is 2.12. The van der Waals surface area contributed by atoms with Crippen molar-refractivity contribution in [3.05, 3.63) is 34.4 Å². The van der Waals surface area contributed by atoms with Gasteiger partial charge in [0.15, 0.2) is 0 Å². The molecule has 0 aromatic heterocycles. The molecule has 1 aromatic rings. The van der Waals surface area contributed by atoms with Crippen molar-refractivity contribution in [1.82, 2.24) is 9.03 Å². The number of nitrogens with zero attached hydrogens (tertiary/aromatic N) is 2. The van der Waals surface area contributed by atoms with E-state index in [1.165, 1.54) is 12.1 Å². The van der Waals surface area contributed by atoms with Gasteiger partial charge in [0.05, 0.1) is 4.92 Å². The van der Waals surface area contributed by atoms with E-state index in [-0.39, 0.29) is 24.4 Å². The summed E-state index contributed by atoms with van der Waals surface area (Å²) < 4.78 is 38.2. The summed E-state index contributed by atoms with van der Waals surface area (Å²) in [4.78, 5) is 34.2. The lowest BCUT2D eigenvalue weighted by Gasteiger charge is -2.29. The largest absolute Gasteiger partial charge is 0.521 e. The molecule has 12 heteroatoms. The number of rotatable bonds is 7. The number of ether oxygens (including phenoxy) is 2. The average molecular weight is 429 g/mol. The monoisotopic (exact) mass is 429 g/mol. The Kier molecular flexibility index (Phi) is 6.93. The van der Waals surface area contributed by atoms with Gasteiger partial charge in [0, 0.05) is 24.2 Å². The Morgan fingerprint density at radius 1 is 1.31 bits per heavy atom. The second-order valence-electron chi connectivity index (χ2n) is 7.14. The summed E-state index contributed by atoms with van der Waals surface area (Å²) in [6.45, 7) is 5.38. The molecule has 1 N–H and O–H groups in total. The molecular weight excluding hydrogens is 406 g/mol. The third-order valence-corrected chi connectivity index (χ3v) is 6.37. The number of hydrogen-bond donors (Lipinski definition) is 1. The summed E-state index contributed by atoms with van der Waals surface area (Å²) in [7, 11) is -3.97. The molecule has 0 saturated carbocycles. The fraction of sp³-hybridized carbons (Fsp3) is 0.529. The number of esters is 1. The van der Waals surface area contributed by atoms with Crippen LogP contribution in [-0.4, -0.2) is 47.9 Å². The van der Waals surface area contributed by atoms with Gasteiger partial charge in [0.1, 0.15) is 11.8 Å². The molecule has 1 atom stereocenters. The zero-order valence-electron chi connectivity index (χ0n) is 16.3. The van der Waals surface area contributed by atoms with Crippen molar-refractivity contribution in [3.63, 3.8) is 0 Å². The number of hydrogen-bond acceptors (Lipinski definition) is 8. The Hall–Kier alpha value is -2.57. The van der Waals surface area contributed by atoms with Gasteiger partial charge in [0.25, 0.3) is 15.9 Å². The molecule has 0 amide bonds. The van der Waals surface area contributed by atoms with Gasteiger partial charge in [0.2, 0.25) is 0 Å². The molecule has 0 unspecified atom stereocenters. The Morgan fingerprint density at radius 2 is 1.93 bits per heavy atom. The summed E-state index contributed by atoms with van der Waals surface area (Å²) in [6, 6.07) is 3.44. The average Bonchev–Trinajstić information content (AvgIpc) is 3.12. The van der Waals surface area contributed by atoms with Crippen LogP contribution in [0.1, 0.15) is 40.0 Å². The first kappa shape index (κ1) is 22.7. The van der Waals surface area contributed by atoms with Crippen LogP contribution in [0.5, 0.6) is 5.75 Å². The maximum Gasteiger partial charge on any atom is 0.521 e. The van der Waals surface area contributed by atoms with Crippen LogP contribution < -0.4 is 9.46 Å². The van der Waals surface area contributed by atoms with Gasteiger partial charge >= 0.3 is 12.1 Å². The molecule has 1 aromatic carbocycles. The van der Waals surface area contributed by atoms with E-state index in [1.54, 1.807) is 13.8 Å². The fourth-order valence-corrected chi connectivity index (χ4v) is 4.50. The smallest absolute Gasteiger partial charge is 0.395 e. The molecule has 1 aliphatic heterocycles. The predicted molar refractivity (Wildman–Crippen MR) is 101 cm³/mol. The minimum Gasteiger partial charge on any atom is -0.395 e. The zero-order valence-corrected chi connectivity index (χ0v) is 17.1. The van der Waals surface area contributed by atoms with Crippen molar-refractivity contribution in [1.29, 1.82) is 0 Å². The van der Waals surface area contributed by atoms with Gasteiger partial charge in [-0.25, -0.2) is 9.59 Å². The third kappa shape index (κ3) is 5.95. The van der Waals surface area contributed by atoms with E-state index in [0.717, 1.165) is 16.4 Å². The topological polar surface area (TPSA) is 145 Å². The van der Waals surface area contributed by atoms with E-state index in [9.17, 15) is 28.1 Å². The SMILES string of the molecule is CCC(C)(C)NS(=O)(=O)N1CCC[C@H]1C(=O)OC(=O)Oc1ccc([N+](=O)[O-])cc1. The number of benzene rings is 1. The van der Waals surface area contributed by atoms with E-state index in [4.69, 9.17) is 4.74 Å². The first-order valence-corrected chi connectivity index (χ1v) is 10.4. The van der Waals surface area contributed by atoms with Crippen molar-refractivity contribution in [2.45, 2.75) is 51.6 Å². The number of nitro benzene ring substituents is 1. The Morgan fingerprint density at radius 3 is 2.48 bits per heavy atom. The number of carbonyl (C=O) groups is 2. The number of nitrogens with one attached hydrogen (secondary N) is 1. The molecule has 0 radical (unpaired) electrons. The number of non-ortho nitro benzene ring substituents is 1. The summed E-state index contributed by atoms with van der Waals surface area (Å²) in [5, 5.41) is 10.6. The van der Waals surface area contributed by atoms with Crippen LogP contribution in [-0.2, 0) is 19.7 Å². The van der Waals surface area contributed by atoms with Crippen LogP contribution in [0.25, 0.3) is 0 Å². The zero-order chi connectivity index (χ0) is 21.8. The Balaban J connectivity index is 2.01. The second kappa shape index (κ2) is 8.84. The van der Waals surface area contributed by atoms with Crippen molar-refractivity contribution >= 4 is 28.0 Å². The maximum atomic E-state index is 12.6. The molecule has 2 rings (SSSR count). The molecule has 0 aliphatic carbocycles. The summed E-state index contributed by atoms with van der Waals surface area (Å²) in [6.07, 6.45) is -0.173. The molecule has 1 aliphatic rings. The molecular formula is C17H23N3O8S. The molecule has 1 saturated heterocycles. The highest BCUT2D eigenvalue weighted by molar-refractivity contribution is 7.87. The lowest BCUT2D eigenvalue weighted by Crippen LogP contribution is -2.53. The van der Waals surface area contributed by atoms with Crippen LogP contribution in [0.15, 0.2) is 24.3 Å². The quantitative estimate of drug-likeness (QED) is 0.228. The summed E-state index contributed by atoms with van der Waals surface area (Å²) in [5.41, 5.74) is -0.902. The highest BCUT2D eigenvalue weighted by atomic mass is 32.2. The fourth-order valence-electron chi connectivity index (χ4n) is 2.65. The summed E-state index contributed by atoms with van der Waals surface area (Å²) in [5.74, 6) is -1.11. The van der Waals surface area contributed by atoms with Gasteiger partial charge in [-0.1, -0.05) is 6.92 Å². The molecule has 1 heterocycles. The second-order valence-corrected chi connectivity index (χ2v) is 8.76. The minimum atomic E-state index is -3.97. The van der Waals surface area contributed by atoms with E-state index in [1.807, 2.05) is 6.92 Å². The van der Waals surface area contributed by atoms with Crippen molar-refractivity contribution < 1.29 is 32.4 Å². The van der Waals surface area contributed by atoms with Gasteiger partial charge < -0.3 is 9.47 Å². The van der Waals surface area contributed by atoms with Crippen molar-refractivity contribution in [2.75, 3.05) is 6.54 Å². The lowest BCUT2D eigenvalue weighted by atomic mass is 10.0. The Labute approximate surface area is 168 Å². The molecule has 1 fully saturated rings. The van der Waals surface area contributed by atoms with E-state index < -0.39 is 38.8 Å². The lowest BCUT2D eigenvalue weighted by molar-refractivity contribution is -0.384. The van der Waals surface area contributed by atoms with Gasteiger partial charge in [-0.3, -0.25) is 10.1 Å². The minimum absolute atomic E-state index is 0.0596. The normalized spacial score (nSPS) is 17.7. The molecule has 11 nitrogen and oxygen atoms in total. The molecule has 160 valence electrons. The van der Waals surface area contributed by atoms with Crippen LogP contribution in [0, 0.1) is 10.1 Å². The molecule has 0 spiro atoms. The first-order chi connectivity index (χ1) is 13.4.